The predicted molar refractivity (Wildman–Crippen MR) is 176 cm³/mol. The van der Waals surface area contributed by atoms with Crippen LogP contribution in [0.15, 0.2) is 108 Å². The molecule has 49 heavy (non-hydrogen) atoms. The number of hydrogen-bond donors (Lipinski definition) is 1. The second-order valence-corrected chi connectivity index (χ2v) is 11.3. The van der Waals surface area contributed by atoms with E-state index < -0.39 is 11.9 Å². The fourth-order valence-electron chi connectivity index (χ4n) is 4.26. The molecule has 0 saturated carbocycles. The molecule has 0 aliphatic rings. The van der Waals surface area contributed by atoms with Gasteiger partial charge in [0.1, 0.15) is 22.9 Å². The number of aliphatic carboxylic acids is 2. The molecule has 0 saturated heterocycles. The number of carbonyl (C=O) groups is 2. The van der Waals surface area contributed by atoms with Crippen LogP contribution in [0.3, 0.4) is 0 Å². The number of pyridine rings is 2. The van der Waals surface area contributed by atoms with Gasteiger partial charge in [-0.25, -0.2) is 0 Å². The Hall–Kier alpha value is -4.74. The monoisotopic (exact) mass is 706 g/mol. The fraction of sp³-hybridized carbons (Fsp3) is 0.125. The van der Waals surface area contributed by atoms with E-state index in [1.165, 1.54) is 0 Å². The molecule has 0 aliphatic heterocycles. The van der Waals surface area contributed by atoms with Crippen LogP contribution < -0.4 is 44.1 Å². The van der Waals surface area contributed by atoms with Gasteiger partial charge >= 0.3 is 35.5 Å². The first-order chi connectivity index (χ1) is 23.4. The van der Waals surface area contributed by atoms with Crippen molar-refractivity contribution in [2.75, 3.05) is 25.7 Å². The molecule has 4 heterocycles. The second kappa shape index (κ2) is 18.1. The zero-order valence-corrected chi connectivity index (χ0v) is 30.2. The molecule has 0 aliphatic carbocycles. The van der Waals surface area contributed by atoms with Crippen molar-refractivity contribution < 1.29 is 58.8 Å². The Bertz CT molecular complexity index is 1850. The third kappa shape index (κ3) is 9.67. The summed E-state index contributed by atoms with van der Waals surface area (Å²) in [6.45, 7) is 0. The van der Waals surface area contributed by atoms with Gasteiger partial charge < -0.3 is 24.5 Å². The molecule has 2 aromatic carbocycles. The van der Waals surface area contributed by atoms with Crippen molar-refractivity contribution in [1.29, 1.82) is 0 Å². The van der Waals surface area contributed by atoms with E-state index in [0.29, 0.717) is 44.8 Å². The van der Waals surface area contributed by atoms with E-state index in [2.05, 4.69) is 30.4 Å². The van der Waals surface area contributed by atoms with Crippen LogP contribution in [0.1, 0.15) is 0 Å². The van der Waals surface area contributed by atoms with E-state index in [9.17, 15) is 14.7 Å². The molecule has 6 rings (SSSR count). The minimum atomic E-state index is -1.17. The molecule has 0 radical (unpaired) electrons. The summed E-state index contributed by atoms with van der Waals surface area (Å²) in [6.07, 6.45) is 3.33. The van der Waals surface area contributed by atoms with Crippen LogP contribution in [0, 0.1) is 0 Å². The van der Waals surface area contributed by atoms with Gasteiger partial charge in [0, 0.05) is 30.3 Å². The quantitative estimate of drug-likeness (QED) is 0.139. The van der Waals surface area contributed by atoms with Crippen LogP contribution in [0.25, 0.3) is 34.4 Å². The van der Waals surface area contributed by atoms with Crippen molar-refractivity contribution in [3.63, 3.8) is 0 Å². The van der Waals surface area contributed by atoms with Crippen LogP contribution in [-0.2, 0) is 9.59 Å². The number of benzene rings is 2. The number of thioether (sulfide) groups is 2. The molecular weight excluding hydrogens is 680 g/mol. The van der Waals surface area contributed by atoms with Gasteiger partial charge in [0.2, 0.25) is 0 Å². The van der Waals surface area contributed by atoms with E-state index in [0.717, 1.165) is 34.9 Å². The minimum absolute atomic E-state index is 0. The number of carboxylic acids is 2. The molecule has 0 bridgehead atoms. The van der Waals surface area contributed by atoms with Crippen molar-refractivity contribution in [3.8, 4) is 45.9 Å². The molecule has 14 nitrogen and oxygen atoms in total. The van der Waals surface area contributed by atoms with Crippen LogP contribution in [0.4, 0.5) is 0 Å². The topological polar surface area (TPSA) is 183 Å². The number of nitrogens with zero attached hydrogens (tertiary/aromatic N) is 8. The van der Waals surface area contributed by atoms with Crippen LogP contribution in [0.2, 0.25) is 0 Å². The summed E-state index contributed by atoms with van der Waals surface area (Å²) >= 11 is 2.14. The Morgan fingerprint density at radius 2 is 1.16 bits per heavy atom. The maximum absolute atomic E-state index is 10.9. The van der Waals surface area contributed by atoms with Gasteiger partial charge in [-0.2, -0.15) is 0 Å². The van der Waals surface area contributed by atoms with Crippen LogP contribution in [0.5, 0.6) is 11.5 Å². The fourth-order valence-corrected chi connectivity index (χ4v) is 5.60. The largest absolute Gasteiger partial charge is 1.00 e. The van der Waals surface area contributed by atoms with Crippen molar-refractivity contribution in [3.05, 3.63) is 97.3 Å². The summed E-state index contributed by atoms with van der Waals surface area (Å²) < 4.78 is 14.0. The number of carbonyl (C=O) groups excluding carboxylic acids is 1. The van der Waals surface area contributed by atoms with E-state index in [-0.39, 0.29) is 41.1 Å². The molecule has 0 amide bonds. The number of carboxylic acid groups (broad SMARTS) is 2. The van der Waals surface area contributed by atoms with Crippen molar-refractivity contribution >= 4 is 35.5 Å². The Labute approximate surface area is 311 Å². The standard InChI is InChI=1S/2C16H14N4O3S.Na/c2*1-23-12-6-4-5-11(9-12)20-15(13-7-2-3-8-17-13)18-19-16(20)24-10-14(21)22;/h2*2-9H,10H2,1H3,(H,21,22);/q;;+1/p-1. The summed E-state index contributed by atoms with van der Waals surface area (Å²) in [5.74, 6) is 0.00114. The number of aromatic nitrogens is 8. The van der Waals surface area contributed by atoms with Crippen molar-refractivity contribution in [2.45, 2.75) is 10.3 Å². The summed E-state index contributed by atoms with van der Waals surface area (Å²) in [4.78, 5) is 30.3. The number of ether oxygens (including phenoxy) is 2. The molecule has 0 spiro atoms. The first-order valence-electron chi connectivity index (χ1n) is 14.1. The Morgan fingerprint density at radius 3 is 1.55 bits per heavy atom. The van der Waals surface area contributed by atoms with E-state index >= 15 is 0 Å². The second-order valence-electron chi connectivity index (χ2n) is 9.46. The molecule has 1 N–H and O–H groups in total. The Kier molecular flexibility index (Phi) is 13.7. The number of rotatable bonds is 12. The average molecular weight is 707 g/mol. The third-order valence-electron chi connectivity index (χ3n) is 6.32. The summed E-state index contributed by atoms with van der Waals surface area (Å²) in [5, 5.41) is 37.2. The molecule has 0 fully saturated rings. The third-order valence-corrected chi connectivity index (χ3v) is 8.14. The maximum atomic E-state index is 10.9. The summed E-state index contributed by atoms with van der Waals surface area (Å²) in [6, 6.07) is 25.7. The molecule has 244 valence electrons. The predicted octanol–water partition coefficient (Wildman–Crippen LogP) is 0.699. The zero-order valence-electron chi connectivity index (χ0n) is 26.5. The van der Waals surface area contributed by atoms with E-state index in [4.69, 9.17) is 14.6 Å². The van der Waals surface area contributed by atoms with Crippen molar-refractivity contribution in [1.82, 2.24) is 39.5 Å². The van der Waals surface area contributed by atoms with Gasteiger partial charge in [0.05, 0.1) is 37.3 Å². The molecule has 17 heteroatoms. The van der Waals surface area contributed by atoms with E-state index in [1.54, 1.807) is 35.7 Å². The molecule has 0 unspecified atom stereocenters. The van der Waals surface area contributed by atoms with Gasteiger partial charge in [-0.05, 0) is 48.5 Å². The van der Waals surface area contributed by atoms with Gasteiger partial charge in [-0.1, -0.05) is 47.8 Å². The first-order valence-corrected chi connectivity index (χ1v) is 16.0. The normalized spacial score (nSPS) is 10.3. The summed E-state index contributed by atoms with van der Waals surface area (Å²) in [5.41, 5.74) is 2.80. The SMILES string of the molecule is COc1cccc(-n2c(SCC(=O)O)nnc2-c2ccccn2)c1.COc1cccc(-n2c(SCC(=O)[O-])nnc2-c2ccccn2)c1.[Na+]. The average Bonchev–Trinajstić information content (AvgIpc) is 3.76. The smallest absolute Gasteiger partial charge is 0.549 e. The Balaban J connectivity index is 0.000000216. The molecule has 4 aromatic heterocycles. The van der Waals surface area contributed by atoms with Gasteiger partial charge in [0.25, 0.3) is 0 Å². The van der Waals surface area contributed by atoms with Crippen LogP contribution >= 0.6 is 23.5 Å². The van der Waals surface area contributed by atoms with E-state index in [1.807, 2.05) is 84.9 Å². The van der Waals surface area contributed by atoms with Crippen LogP contribution in [-0.4, -0.2) is 82.3 Å². The van der Waals surface area contributed by atoms with Gasteiger partial charge in [0.15, 0.2) is 22.0 Å². The molecular formula is C32H27N8NaO6S2. The molecule has 6 aromatic rings. The van der Waals surface area contributed by atoms with Gasteiger partial charge in [-0.15, -0.1) is 20.4 Å². The first kappa shape index (κ1) is 37.1. The van der Waals surface area contributed by atoms with Gasteiger partial charge in [-0.3, -0.25) is 23.9 Å². The number of methoxy groups -OCH3 is 2. The zero-order chi connectivity index (χ0) is 33.9. The summed E-state index contributed by atoms with van der Waals surface area (Å²) in [7, 11) is 3.17. The minimum Gasteiger partial charge on any atom is -0.549 e. The number of hydrogen-bond acceptors (Lipinski definition) is 13. The van der Waals surface area contributed by atoms with Crippen molar-refractivity contribution in [2.24, 2.45) is 0 Å². The molecule has 0 atom stereocenters. The maximum Gasteiger partial charge on any atom is 1.00 e. The Morgan fingerprint density at radius 1 is 0.694 bits per heavy atom.